The second-order valence-corrected chi connectivity index (χ2v) is 4.75. The second kappa shape index (κ2) is 4.34. The SMILES string of the molecule is NCCCS(=O)(=O)c1ccncc1. The van der Waals surface area contributed by atoms with Crippen molar-refractivity contribution in [2.45, 2.75) is 11.3 Å². The number of nitrogens with zero attached hydrogens (tertiary/aromatic N) is 1. The first-order valence-corrected chi connectivity index (χ1v) is 5.65. The molecule has 0 aliphatic carbocycles. The van der Waals surface area contributed by atoms with Crippen molar-refractivity contribution >= 4 is 9.84 Å². The molecule has 1 heterocycles. The lowest BCUT2D eigenvalue weighted by molar-refractivity contribution is 0.593. The fourth-order valence-electron chi connectivity index (χ4n) is 0.937. The van der Waals surface area contributed by atoms with Crippen molar-refractivity contribution in [3.63, 3.8) is 0 Å². The van der Waals surface area contributed by atoms with Gasteiger partial charge in [-0.15, -0.1) is 0 Å². The van der Waals surface area contributed by atoms with E-state index in [-0.39, 0.29) is 5.75 Å². The molecule has 13 heavy (non-hydrogen) atoms. The molecule has 4 nitrogen and oxygen atoms in total. The van der Waals surface area contributed by atoms with Gasteiger partial charge in [-0.3, -0.25) is 4.98 Å². The van der Waals surface area contributed by atoms with Crippen molar-refractivity contribution in [1.82, 2.24) is 4.98 Å². The maximum Gasteiger partial charge on any atom is 0.178 e. The van der Waals surface area contributed by atoms with E-state index in [0.29, 0.717) is 17.9 Å². The zero-order chi connectivity index (χ0) is 9.73. The Bertz CT molecular complexity index is 348. The highest BCUT2D eigenvalue weighted by molar-refractivity contribution is 7.91. The second-order valence-electron chi connectivity index (χ2n) is 2.64. The monoisotopic (exact) mass is 200 g/mol. The van der Waals surface area contributed by atoms with Gasteiger partial charge in [-0.1, -0.05) is 0 Å². The molecule has 0 saturated heterocycles. The Hall–Kier alpha value is -0.940. The van der Waals surface area contributed by atoms with Gasteiger partial charge in [0.15, 0.2) is 9.84 Å². The van der Waals surface area contributed by atoms with E-state index >= 15 is 0 Å². The third-order valence-electron chi connectivity index (χ3n) is 1.63. The lowest BCUT2D eigenvalue weighted by Gasteiger charge is -2.01. The van der Waals surface area contributed by atoms with E-state index in [9.17, 15) is 8.42 Å². The molecule has 0 spiro atoms. The standard InChI is InChI=1S/C8H12N2O2S/c9-4-1-7-13(11,12)8-2-5-10-6-3-8/h2-3,5-6H,1,4,7,9H2. The van der Waals surface area contributed by atoms with Gasteiger partial charge in [-0.2, -0.15) is 0 Å². The van der Waals surface area contributed by atoms with Crippen molar-refractivity contribution in [3.05, 3.63) is 24.5 Å². The molecule has 0 aliphatic rings. The van der Waals surface area contributed by atoms with Crippen molar-refractivity contribution in [2.24, 2.45) is 5.73 Å². The number of sulfone groups is 1. The van der Waals surface area contributed by atoms with Crippen molar-refractivity contribution in [1.29, 1.82) is 0 Å². The lowest BCUT2D eigenvalue weighted by atomic mass is 10.5. The van der Waals surface area contributed by atoms with Gasteiger partial charge in [0.25, 0.3) is 0 Å². The van der Waals surface area contributed by atoms with Gasteiger partial charge in [0.2, 0.25) is 0 Å². The molecule has 1 aromatic rings. The number of pyridine rings is 1. The molecule has 0 unspecified atom stereocenters. The number of aromatic nitrogens is 1. The van der Waals surface area contributed by atoms with Crippen LogP contribution in [0.3, 0.4) is 0 Å². The molecular formula is C8H12N2O2S. The van der Waals surface area contributed by atoms with Crippen LogP contribution in [0.25, 0.3) is 0 Å². The molecule has 5 heteroatoms. The van der Waals surface area contributed by atoms with Crippen LogP contribution in [0, 0.1) is 0 Å². The Kier molecular flexibility index (Phi) is 3.39. The lowest BCUT2D eigenvalue weighted by Crippen LogP contribution is -2.11. The first-order valence-electron chi connectivity index (χ1n) is 3.99. The van der Waals surface area contributed by atoms with Crippen LogP contribution in [0.4, 0.5) is 0 Å². The van der Waals surface area contributed by atoms with Gasteiger partial charge in [-0.25, -0.2) is 8.42 Å². The van der Waals surface area contributed by atoms with Crippen molar-refractivity contribution in [3.8, 4) is 0 Å². The molecule has 0 saturated carbocycles. The zero-order valence-electron chi connectivity index (χ0n) is 7.18. The molecule has 2 N–H and O–H groups in total. The minimum absolute atomic E-state index is 0.105. The quantitative estimate of drug-likeness (QED) is 0.753. The van der Waals surface area contributed by atoms with Crippen LogP contribution in [0.1, 0.15) is 6.42 Å². The topological polar surface area (TPSA) is 73.1 Å². The maximum absolute atomic E-state index is 11.5. The van der Waals surface area contributed by atoms with E-state index in [2.05, 4.69) is 4.98 Å². The molecule has 1 rings (SSSR count). The first kappa shape index (κ1) is 10.1. The molecule has 0 aliphatic heterocycles. The fourth-order valence-corrected chi connectivity index (χ4v) is 2.26. The highest BCUT2D eigenvalue weighted by atomic mass is 32.2. The van der Waals surface area contributed by atoms with E-state index in [1.807, 2.05) is 0 Å². The average Bonchev–Trinajstić information content (AvgIpc) is 2.16. The first-order chi connectivity index (χ1) is 6.17. The normalized spacial score (nSPS) is 11.5. The molecule has 0 bridgehead atoms. The number of nitrogens with two attached hydrogens (primary N) is 1. The summed E-state index contributed by atoms with van der Waals surface area (Å²) in [7, 11) is -3.14. The summed E-state index contributed by atoms with van der Waals surface area (Å²) in [5.74, 6) is 0.105. The summed E-state index contributed by atoms with van der Waals surface area (Å²) >= 11 is 0. The molecular weight excluding hydrogens is 188 g/mol. The fraction of sp³-hybridized carbons (Fsp3) is 0.375. The van der Waals surface area contributed by atoms with Gasteiger partial charge in [-0.05, 0) is 25.1 Å². The average molecular weight is 200 g/mol. The molecule has 72 valence electrons. The van der Waals surface area contributed by atoms with Gasteiger partial charge in [0.1, 0.15) is 0 Å². The van der Waals surface area contributed by atoms with Crippen LogP contribution in [0.5, 0.6) is 0 Å². The summed E-state index contributed by atoms with van der Waals surface area (Å²) < 4.78 is 23.0. The van der Waals surface area contributed by atoms with Crippen LogP contribution in [-0.4, -0.2) is 25.7 Å². The Morgan fingerprint density at radius 3 is 2.46 bits per heavy atom. The third-order valence-corrected chi connectivity index (χ3v) is 3.44. The number of rotatable bonds is 4. The van der Waals surface area contributed by atoms with E-state index in [0.717, 1.165) is 0 Å². The Labute approximate surface area is 77.7 Å². The van der Waals surface area contributed by atoms with E-state index in [1.165, 1.54) is 24.5 Å². The van der Waals surface area contributed by atoms with Crippen LogP contribution >= 0.6 is 0 Å². The maximum atomic E-state index is 11.5. The molecule has 0 amide bonds. The van der Waals surface area contributed by atoms with Crippen molar-refractivity contribution < 1.29 is 8.42 Å². The van der Waals surface area contributed by atoms with Crippen LogP contribution in [0.15, 0.2) is 29.4 Å². The largest absolute Gasteiger partial charge is 0.330 e. The van der Waals surface area contributed by atoms with Crippen LogP contribution < -0.4 is 5.73 Å². The summed E-state index contributed by atoms with van der Waals surface area (Å²) in [6, 6.07) is 2.98. The summed E-state index contributed by atoms with van der Waals surface area (Å²) in [5, 5.41) is 0. The minimum Gasteiger partial charge on any atom is -0.330 e. The summed E-state index contributed by atoms with van der Waals surface area (Å²) in [6.07, 6.45) is 3.43. The zero-order valence-corrected chi connectivity index (χ0v) is 8.00. The van der Waals surface area contributed by atoms with E-state index in [1.54, 1.807) is 0 Å². The Balaban J connectivity index is 2.83. The van der Waals surface area contributed by atoms with Gasteiger partial charge < -0.3 is 5.73 Å². The molecule has 0 fully saturated rings. The summed E-state index contributed by atoms with van der Waals surface area (Å²) in [4.78, 5) is 4.07. The number of hydrogen-bond donors (Lipinski definition) is 1. The number of hydrogen-bond acceptors (Lipinski definition) is 4. The predicted octanol–water partition coefficient (Wildman–Crippen LogP) is 0.204. The van der Waals surface area contributed by atoms with Gasteiger partial charge in [0.05, 0.1) is 10.6 Å². The molecule has 0 radical (unpaired) electrons. The minimum atomic E-state index is -3.14. The molecule has 1 aromatic heterocycles. The Morgan fingerprint density at radius 2 is 1.92 bits per heavy atom. The van der Waals surface area contributed by atoms with E-state index < -0.39 is 9.84 Å². The molecule has 0 atom stereocenters. The molecule has 0 aromatic carbocycles. The highest BCUT2D eigenvalue weighted by Crippen LogP contribution is 2.09. The van der Waals surface area contributed by atoms with Crippen molar-refractivity contribution in [2.75, 3.05) is 12.3 Å². The smallest absolute Gasteiger partial charge is 0.178 e. The van der Waals surface area contributed by atoms with Gasteiger partial charge >= 0.3 is 0 Å². The van der Waals surface area contributed by atoms with Crippen LogP contribution in [-0.2, 0) is 9.84 Å². The highest BCUT2D eigenvalue weighted by Gasteiger charge is 2.12. The third kappa shape index (κ3) is 2.78. The van der Waals surface area contributed by atoms with Gasteiger partial charge in [0, 0.05) is 12.4 Å². The Morgan fingerprint density at radius 1 is 1.31 bits per heavy atom. The van der Waals surface area contributed by atoms with Crippen LogP contribution in [0.2, 0.25) is 0 Å². The van der Waals surface area contributed by atoms with E-state index in [4.69, 9.17) is 5.73 Å². The predicted molar refractivity (Wildman–Crippen MR) is 50.0 cm³/mol. The summed E-state index contributed by atoms with van der Waals surface area (Å²) in [6.45, 7) is 0.393. The summed E-state index contributed by atoms with van der Waals surface area (Å²) in [5.41, 5.74) is 5.24.